The lowest BCUT2D eigenvalue weighted by molar-refractivity contribution is 0.0712. The number of halogens is 1. The highest BCUT2D eigenvalue weighted by Gasteiger charge is 2.39. The van der Waals surface area contributed by atoms with Crippen LogP contribution in [0.5, 0.6) is 0 Å². The van der Waals surface area contributed by atoms with Gasteiger partial charge in [0.25, 0.3) is 0 Å². The van der Waals surface area contributed by atoms with Gasteiger partial charge in [0.15, 0.2) is 0 Å². The van der Waals surface area contributed by atoms with Gasteiger partial charge in [-0.1, -0.05) is 12.8 Å². The molecular weight excluding hydrogens is 324 g/mol. The van der Waals surface area contributed by atoms with Gasteiger partial charge in [-0.3, -0.25) is 0 Å². The van der Waals surface area contributed by atoms with Crippen LogP contribution in [0.15, 0.2) is 0 Å². The number of hydrogen-bond donors (Lipinski definition) is 0. The molecule has 0 spiro atoms. The standard InChI is InChI=1S/C15H33ClO3SSi/c1-4-17-21(18-5-2,19-6-3)15-11-14-20-13-10-8-7-9-12-16/h4-15H2,1-3H3. The Bertz CT molecular complexity index is 206. The number of alkyl halides is 1. The second kappa shape index (κ2) is 15.6. The van der Waals surface area contributed by atoms with Crippen LogP contribution in [0.3, 0.4) is 0 Å². The van der Waals surface area contributed by atoms with Gasteiger partial charge in [-0.05, 0) is 51.5 Å². The molecule has 0 saturated carbocycles. The molecule has 0 aromatic carbocycles. The summed E-state index contributed by atoms with van der Waals surface area (Å²) < 4.78 is 17.6. The summed E-state index contributed by atoms with van der Waals surface area (Å²) in [4.78, 5) is 0. The molecule has 0 radical (unpaired) electrons. The molecule has 0 N–H and O–H groups in total. The maximum atomic E-state index is 5.86. The third-order valence-electron chi connectivity index (χ3n) is 3.04. The zero-order valence-corrected chi connectivity index (χ0v) is 16.6. The molecule has 0 amide bonds. The minimum absolute atomic E-state index is 0.667. The fourth-order valence-corrected chi connectivity index (χ4v) is 6.16. The average Bonchev–Trinajstić information content (AvgIpc) is 2.46. The Hall–Kier alpha value is 0.737. The van der Waals surface area contributed by atoms with Crippen molar-refractivity contribution in [2.75, 3.05) is 37.2 Å². The van der Waals surface area contributed by atoms with Crippen molar-refractivity contribution in [1.29, 1.82) is 0 Å². The molecule has 0 unspecified atom stereocenters. The van der Waals surface area contributed by atoms with E-state index in [1.807, 2.05) is 32.5 Å². The van der Waals surface area contributed by atoms with Crippen LogP contribution in [0, 0.1) is 0 Å². The average molecular weight is 357 g/mol. The molecule has 0 heterocycles. The molecule has 0 rings (SSSR count). The Kier molecular flexibility index (Phi) is 16.2. The molecule has 0 atom stereocenters. The van der Waals surface area contributed by atoms with Gasteiger partial charge in [0.2, 0.25) is 0 Å². The monoisotopic (exact) mass is 356 g/mol. The lowest BCUT2D eigenvalue weighted by Gasteiger charge is -2.28. The van der Waals surface area contributed by atoms with Crippen molar-refractivity contribution in [3.63, 3.8) is 0 Å². The fourth-order valence-electron chi connectivity index (χ4n) is 2.15. The number of unbranched alkanes of at least 4 members (excludes halogenated alkanes) is 3. The summed E-state index contributed by atoms with van der Waals surface area (Å²) in [5, 5.41) is 0. The van der Waals surface area contributed by atoms with Gasteiger partial charge in [0.05, 0.1) is 0 Å². The third-order valence-corrected chi connectivity index (χ3v) is 7.61. The normalized spacial score (nSPS) is 12.0. The van der Waals surface area contributed by atoms with E-state index in [1.54, 1.807) is 0 Å². The quantitative estimate of drug-likeness (QED) is 0.222. The van der Waals surface area contributed by atoms with Gasteiger partial charge in [0, 0.05) is 31.7 Å². The van der Waals surface area contributed by atoms with Crippen LogP contribution in [-0.4, -0.2) is 46.0 Å². The highest BCUT2D eigenvalue weighted by molar-refractivity contribution is 7.99. The molecule has 0 aliphatic carbocycles. The zero-order valence-electron chi connectivity index (χ0n) is 14.0. The molecule has 6 heteroatoms. The number of hydrogen-bond acceptors (Lipinski definition) is 4. The molecule has 0 aromatic heterocycles. The van der Waals surface area contributed by atoms with Gasteiger partial charge in [-0.25, -0.2) is 0 Å². The smallest absolute Gasteiger partial charge is 0.374 e. The van der Waals surface area contributed by atoms with Gasteiger partial charge in [-0.15, -0.1) is 11.6 Å². The van der Waals surface area contributed by atoms with E-state index in [2.05, 4.69) is 0 Å². The second-order valence-corrected chi connectivity index (χ2v) is 9.14. The minimum Gasteiger partial charge on any atom is -0.374 e. The maximum Gasteiger partial charge on any atom is 0.500 e. The fraction of sp³-hybridized carbons (Fsp3) is 1.00. The van der Waals surface area contributed by atoms with Crippen LogP contribution < -0.4 is 0 Å². The van der Waals surface area contributed by atoms with Gasteiger partial charge < -0.3 is 13.3 Å². The summed E-state index contributed by atoms with van der Waals surface area (Å²) >= 11 is 7.69. The molecular formula is C15H33ClO3SSi. The molecule has 3 nitrogen and oxygen atoms in total. The van der Waals surface area contributed by atoms with Crippen LogP contribution in [0.1, 0.15) is 52.9 Å². The van der Waals surface area contributed by atoms with E-state index in [4.69, 9.17) is 24.9 Å². The summed E-state index contributed by atoms with van der Waals surface area (Å²) in [7, 11) is -2.41. The topological polar surface area (TPSA) is 27.7 Å². The Morgan fingerprint density at radius 3 is 1.81 bits per heavy atom. The third kappa shape index (κ3) is 11.9. The largest absolute Gasteiger partial charge is 0.500 e. The molecule has 0 fully saturated rings. The first kappa shape index (κ1) is 21.7. The molecule has 0 aliphatic rings. The van der Waals surface area contributed by atoms with Gasteiger partial charge in [-0.2, -0.15) is 11.8 Å². The summed E-state index contributed by atoms with van der Waals surface area (Å²) in [5.41, 5.74) is 0. The van der Waals surface area contributed by atoms with Crippen molar-refractivity contribution in [1.82, 2.24) is 0 Å². The first-order valence-electron chi connectivity index (χ1n) is 8.30. The van der Waals surface area contributed by atoms with E-state index in [0.717, 1.165) is 30.5 Å². The maximum absolute atomic E-state index is 5.86. The first-order valence-corrected chi connectivity index (χ1v) is 11.9. The summed E-state index contributed by atoms with van der Waals surface area (Å²) in [6.07, 6.45) is 6.12. The van der Waals surface area contributed by atoms with Crippen molar-refractivity contribution in [3.8, 4) is 0 Å². The Labute approximate surface area is 141 Å². The van der Waals surface area contributed by atoms with Crippen LogP contribution in [0.4, 0.5) is 0 Å². The van der Waals surface area contributed by atoms with Crippen LogP contribution >= 0.6 is 23.4 Å². The summed E-state index contributed by atoms with van der Waals surface area (Å²) in [6.45, 7) is 8.03. The van der Waals surface area contributed by atoms with Gasteiger partial charge in [0.1, 0.15) is 0 Å². The van der Waals surface area contributed by atoms with E-state index in [9.17, 15) is 0 Å². The molecule has 0 bridgehead atoms. The lowest BCUT2D eigenvalue weighted by atomic mass is 10.2. The number of thioether (sulfide) groups is 1. The van der Waals surface area contributed by atoms with E-state index >= 15 is 0 Å². The molecule has 0 aliphatic heterocycles. The van der Waals surface area contributed by atoms with Crippen molar-refractivity contribution < 1.29 is 13.3 Å². The second-order valence-electron chi connectivity index (χ2n) is 4.80. The zero-order chi connectivity index (χ0) is 15.8. The Morgan fingerprint density at radius 2 is 1.29 bits per heavy atom. The van der Waals surface area contributed by atoms with E-state index in [0.29, 0.717) is 19.8 Å². The lowest BCUT2D eigenvalue weighted by Crippen LogP contribution is -2.46. The van der Waals surface area contributed by atoms with Crippen LogP contribution in [0.25, 0.3) is 0 Å². The van der Waals surface area contributed by atoms with Crippen molar-refractivity contribution in [2.45, 2.75) is 58.9 Å². The molecule has 0 saturated heterocycles. The predicted molar refractivity (Wildman–Crippen MR) is 96.6 cm³/mol. The van der Waals surface area contributed by atoms with Gasteiger partial charge >= 0.3 is 8.80 Å². The van der Waals surface area contributed by atoms with Crippen LogP contribution in [0.2, 0.25) is 6.04 Å². The SMILES string of the molecule is CCO[Si](CCCSCCCCCCCl)(OCC)OCC. The van der Waals surface area contributed by atoms with Crippen LogP contribution in [-0.2, 0) is 13.3 Å². The highest BCUT2D eigenvalue weighted by atomic mass is 35.5. The van der Waals surface area contributed by atoms with E-state index in [1.165, 1.54) is 25.0 Å². The molecule has 128 valence electrons. The van der Waals surface area contributed by atoms with Crippen molar-refractivity contribution in [2.24, 2.45) is 0 Å². The first-order chi connectivity index (χ1) is 10.2. The summed E-state index contributed by atoms with van der Waals surface area (Å²) in [6, 6.07) is 0.932. The van der Waals surface area contributed by atoms with Crippen molar-refractivity contribution >= 4 is 32.2 Å². The van der Waals surface area contributed by atoms with E-state index in [-0.39, 0.29) is 0 Å². The number of rotatable bonds is 16. The van der Waals surface area contributed by atoms with Crippen molar-refractivity contribution in [3.05, 3.63) is 0 Å². The molecule has 21 heavy (non-hydrogen) atoms. The summed E-state index contributed by atoms with van der Waals surface area (Å²) in [5.74, 6) is 3.21. The Balaban J connectivity index is 3.76. The Morgan fingerprint density at radius 1 is 0.762 bits per heavy atom. The molecule has 0 aromatic rings. The minimum atomic E-state index is -2.41. The highest BCUT2D eigenvalue weighted by Crippen LogP contribution is 2.20. The van der Waals surface area contributed by atoms with E-state index < -0.39 is 8.80 Å². The predicted octanol–water partition coefficient (Wildman–Crippen LogP) is 4.96.